The molecule has 0 aliphatic rings. The molecule has 2 rings (SSSR count). The monoisotopic (exact) mass is 276 g/mol. The zero-order valence-corrected chi connectivity index (χ0v) is 12.0. The van der Waals surface area contributed by atoms with Gasteiger partial charge in [-0.2, -0.15) is 0 Å². The Kier molecular flexibility index (Phi) is 3.57. The number of hydrogen-bond donors (Lipinski definition) is 1. The average molecular weight is 276 g/mol. The van der Waals surface area contributed by atoms with Gasteiger partial charge in [-0.1, -0.05) is 41.7 Å². The summed E-state index contributed by atoms with van der Waals surface area (Å²) in [5.74, 6) is -0.445. The highest BCUT2D eigenvalue weighted by molar-refractivity contribution is 7.19. The second-order valence-corrected chi connectivity index (χ2v) is 6.13. The molecular weight excluding hydrogens is 260 g/mol. The van der Waals surface area contributed by atoms with Crippen molar-refractivity contribution in [3.63, 3.8) is 0 Å². The zero-order chi connectivity index (χ0) is 14.0. The molecule has 0 aliphatic carbocycles. The van der Waals surface area contributed by atoms with Crippen molar-refractivity contribution in [3.05, 3.63) is 36.0 Å². The van der Waals surface area contributed by atoms with E-state index in [2.05, 4.69) is 4.98 Å². The first-order valence-electron chi connectivity index (χ1n) is 5.92. The molecule has 0 unspecified atom stereocenters. The number of thiazole rings is 1. The number of benzene rings is 1. The lowest BCUT2D eigenvalue weighted by Gasteiger charge is -2.19. The molecule has 0 spiro atoms. The molecular formula is C14H16N2O2S. The summed E-state index contributed by atoms with van der Waals surface area (Å²) in [7, 11) is 0. The third kappa shape index (κ3) is 3.32. The maximum Gasteiger partial charge on any atom is 0.359 e. The van der Waals surface area contributed by atoms with E-state index in [1.807, 2.05) is 51.1 Å². The Bertz CT molecular complexity index is 585. The maximum atomic E-state index is 12.1. The SMILES string of the molecule is CC(C)(C)OC(=O)c1nc(N)sc1-c1ccccc1. The molecule has 0 amide bonds. The van der Waals surface area contributed by atoms with Crippen LogP contribution in [-0.2, 0) is 4.74 Å². The molecule has 19 heavy (non-hydrogen) atoms. The second kappa shape index (κ2) is 5.01. The number of esters is 1. The summed E-state index contributed by atoms with van der Waals surface area (Å²) in [6.45, 7) is 5.47. The van der Waals surface area contributed by atoms with Gasteiger partial charge in [-0.15, -0.1) is 0 Å². The minimum absolute atomic E-state index is 0.281. The lowest BCUT2D eigenvalue weighted by molar-refractivity contribution is 0.00647. The summed E-state index contributed by atoms with van der Waals surface area (Å²) in [5.41, 5.74) is 6.36. The molecule has 4 nitrogen and oxygen atoms in total. The summed E-state index contributed by atoms with van der Waals surface area (Å²) in [5, 5.41) is 0.361. The zero-order valence-electron chi connectivity index (χ0n) is 11.1. The van der Waals surface area contributed by atoms with Crippen LogP contribution in [0.4, 0.5) is 5.13 Å². The fraction of sp³-hybridized carbons (Fsp3) is 0.286. The van der Waals surface area contributed by atoms with Gasteiger partial charge in [0.1, 0.15) is 5.60 Å². The van der Waals surface area contributed by atoms with E-state index in [4.69, 9.17) is 10.5 Å². The van der Waals surface area contributed by atoms with Crippen LogP contribution in [0, 0.1) is 0 Å². The lowest BCUT2D eigenvalue weighted by Crippen LogP contribution is -2.24. The van der Waals surface area contributed by atoms with Gasteiger partial charge in [0.05, 0.1) is 4.88 Å². The van der Waals surface area contributed by atoms with Gasteiger partial charge in [-0.3, -0.25) is 0 Å². The van der Waals surface area contributed by atoms with E-state index in [1.165, 1.54) is 11.3 Å². The highest BCUT2D eigenvalue weighted by Gasteiger charge is 2.24. The van der Waals surface area contributed by atoms with Gasteiger partial charge >= 0.3 is 5.97 Å². The average Bonchev–Trinajstić information content (AvgIpc) is 2.70. The number of nitrogen functional groups attached to an aromatic ring is 1. The Morgan fingerprint density at radius 2 is 1.89 bits per heavy atom. The van der Waals surface area contributed by atoms with Gasteiger partial charge in [0.15, 0.2) is 10.8 Å². The number of nitrogens with zero attached hydrogens (tertiary/aromatic N) is 1. The molecule has 100 valence electrons. The maximum absolute atomic E-state index is 12.1. The van der Waals surface area contributed by atoms with E-state index < -0.39 is 11.6 Å². The molecule has 0 saturated heterocycles. The molecule has 0 saturated carbocycles. The lowest BCUT2D eigenvalue weighted by atomic mass is 10.1. The fourth-order valence-electron chi connectivity index (χ4n) is 1.59. The Morgan fingerprint density at radius 3 is 2.47 bits per heavy atom. The van der Waals surface area contributed by atoms with E-state index >= 15 is 0 Å². The van der Waals surface area contributed by atoms with Crippen molar-refractivity contribution < 1.29 is 9.53 Å². The van der Waals surface area contributed by atoms with E-state index in [0.29, 0.717) is 5.13 Å². The highest BCUT2D eigenvalue weighted by atomic mass is 32.1. The largest absolute Gasteiger partial charge is 0.455 e. The fourth-order valence-corrected chi connectivity index (χ4v) is 2.41. The summed E-state index contributed by atoms with van der Waals surface area (Å²) >= 11 is 1.29. The number of nitrogens with two attached hydrogens (primary N) is 1. The molecule has 0 radical (unpaired) electrons. The first-order chi connectivity index (χ1) is 8.87. The van der Waals surface area contributed by atoms with Gasteiger partial charge in [0, 0.05) is 0 Å². The van der Waals surface area contributed by atoms with Crippen LogP contribution in [0.2, 0.25) is 0 Å². The predicted molar refractivity (Wildman–Crippen MR) is 77.1 cm³/mol. The highest BCUT2D eigenvalue weighted by Crippen LogP contribution is 2.32. The Hall–Kier alpha value is -1.88. The van der Waals surface area contributed by atoms with E-state index in [1.54, 1.807) is 0 Å². The second-order valence-electron chi connectivity index (χ2n) is 5.10. The Labute approximate surface area is 116 Å². The van der Waals surface area contributed by atoms with Crippen LogP contribution in [0.15, 0.2) is 30.3 Å². The predicted octanol–water partition coefficient (Wildman–Crippen LogP) is 3.35. The molecule has 1 aromatic carbocycles. The first-order valence-corrected chi connectivity index (χ1v) is 6.73. The van der Waals surface area contributed by atoms with Gasteiger partial charge in [-0.25, -0.2) is 9.78 Å². The van der Waals surface area contributed by atoms with Crippen molar-refractivity contribution in [2.24, 2.45) is 0 Å². The molecule has 0 aliphatic heterocycles. The first kappa shape index (κ1) is 13.5. The number of carbonyl (C=O) groups excluding carboxylic acids is 1. The third-order valence-corrected chi connectivity index (χ3v) is 3.21. The molecule has 0 atom stereocenters. The number of hydrogen-bond acceptors (Lipinski definition) is 5. The summed E-state index contributed by atoms with van der Waals surface area (Å²) in [4.78, 5) is 17.0. The van der Waals surface area contributed by atoms with Crippen LogP contribution in [0.3, 0.4) is 0 Å². The number of rotatable bonds is 2. The summed E-state index contributed by atoms with van der Waals surface area (Å²) in [6.07, 6.45) is 0. The van der Waals surface area contributed by atoms with E-state index in [-0.39, 0.29) is 5.69 Å². The molecule has 0 fully saturated rings. The third-order valence-electron chi connectivity index (χ3n) is 2.27. The van der Waals surface area contributed by atoms with Crippen molar-refractivity contribution in [3.8, 4) is 10.4 Å². The van der Waals surface area contributed by atoms with Gasteiger partial charge in [-0.05, 0) is 26.3 Å². The minimum atomic E-state index is -0.552. The van der Waals surface area contributed by atoms with Crippen LogP contribution < -0.4 is 5.73 Å². The van der Waals surface area contributed by atoms with Crippen molar-refractivity contribution >= 4 is 22.4 Å². The van der Waals surface area contributed by atoms with Crippen LogP contribution in [0.25, 0.3) is 10.4 Å². The summed E-state index contributed by atoms with van der Waals surface area (Å²) in [6, 6.07) is 9.57. The van der Waals surface area contributed by atoms with Gasteiger partial charge in [0.2, 0.25) is 0 Å². The standard InChI is InChI=1S/C14H16N2O2S/c1-14(2,3)18-12(17)10-11(19-13(15)16-10)9-7-5-4-6-8-9/h4-8H,1-3H3,(H2,15,16). The number of carbonyl (C=O) groups is 1. The Balaban J connectivity index is 2.40. The molecule has 5 heteroatoms. The number of ether oxygens (including phenoxy) is 1. The Morgan fingerprint density at radius 1 is 1.26 bits per heavy atom. The minimum Gasteiger partial charge on any atom is -0.455 e. The number of aromatic nitrogens is 1. The molecule has 0 bridgehead atoms. The molecule has 2 aromatic rings. The summed E-state index contributed by atoms with van der Waals surface area (Å²) < 4.78 is 5.35. The van der Waals surface area contributed by atoms with Crippen molar-refractivity contribution in [2.45, 2.75) is 26.4 Å². The van der Waals surface area contributed by atoms with Gasteiger partial charge in [0.25, 0.3) is 0 Å². The van der Waals surface area contributed by atoms with Crippen molar-refractivity contribution in [1.29, 1.82) is 0 Å². The quantitative estimate of drug-likeness (QED) is 0.854. The normalized spacial score (nSPS) is 11.3. The van der Waals surface area contributed by atoms with Crippen LogP contribution in [0.1, 0.15) is 31.3 Å². The van der Waals surface area contributed by atoms with Gasteiger partial charge < -0.3 is 10.5 Å². The molecule has 2 N–H and O–H groups in total. The van der Waals surface area contributed by atoms with Crippen molar-refractivity contribution in [1.82, 2.24) is 4.98 Å². The van der Waals surface area contributed by atoms with Crippen LogP contribution in [-0.4, -0.2) is 16.6 Å². The van der Waals surface area contributed by atoms with Crippen molar-refractivity contribution in [2.75, 3.05) is 5.73 Å². The molecule has 1 heterocycles. The smallest absolute Gasteiger partial charge is 0.359 e. The molecule has 1 aromatic heterocycles. The number of anilines is 1. The van der Waals surface area contributed by atoms with E-state index in [9.17, 15) is 4.79 Å². The van der Waals surface area contributed by atoms with Crippen LogP contribution in [0.5, 0.6) is 0 Å². The topological polar surface area (TPSA) is 65.2 Å². The van der Waals surface area contributed by atoms with E-state index in [0.717, 1.165) is 10.4 Å². The van der Waals surface area contributed by atoms with Crippen LogP contribution >= 0.6 is 11.3 Å².